The summed E-state index contributed by atoms with van der Waals surface area (Å²) in [5.41, 5.74) is 1.28. The summed E-state index contributed by atoms with van der Waals surface area (Å²) in [4.78, 5) is 18.6. The van der Waals surface area contributed by atoms with Crippen LogP contribution in [0.5, 0.6) is 0 Å². The van der Waals surface area contributed by atoms with Crippen molar-refractivity contribution in [2.24, 2.45) is 7.05 Å². The second-order valence-corrected chi connectivity index (χ2v) is 8.97. The number of benzene rings is 1. The molecular weight excluding hydrogens is 404 g/mol. The van der Waals surface area contributed by atoms with Gasteiger partial charge in [0, 0.05) is 36.8 Å². The van der Waals surface area contributed by atoms with E-state index in [2.05, 4.69) is 54.2 Å². The molecule has 3 heterocycles. The maximum absolute atomic E-state index is 12.3. The van der Waals surface area contributed by atoms with E-state index in [4.69, 9.17) is 0 Å². The van der Waals surface area contributed by atoms with Crippen molar-refractivity contribution in [2.45, 2.75) is 29.7 Å². The van der Waals surface area contributed by atoms with Gasteiger partial charge in [-0.2, -0.15) is 0 Å². The molecule has 0 bridgehead atoms. The molecule has 9 heteroatoms. The molecule has 0 aliphatic carbocycles. The van der Waals surface area contributed by atoms with Crippen molar-refractivity contribution in [3.05, 3.63) is 53.3 Å². The molecule has 0 saturated carbocycles. The zero-order chi connectivity index (χ0) is 20.1. The highest BCUT2D eigenvalue weighted by Gasteiger charge is 2.27. The predicted octanol–water partition coefficient (Wildman–Crippen LogP) is 3.38. The van der Waals surface area contributed by atoms with Crippen molar-refractivity contribution in [1.82, 2.24) is 24.6 Å². The molecule has 1 aliphatic rings. The summed E-state index contributed by atoms with van der Waals surface area (Å²) in [5.74, 6) is 2.16. The zero-order valence-corrected chi connectivity index (χ0v) is 18.0. The van der Waals surface area contributed by atoms with Crippen LogP contribution in [0.1, 0.15) is 30.1 Å². The zero-order valence-electron chi connectivity index (χ0n) is 16.3. The van der Waals surface area contributed by atoms with Gasteiger partial charge in [0.2, 0.25) is 5.91 Å². The minimum absolute atomic E-state index is 0.0160. The first-order chi connectivity index (χ1) is 14.2. The molecular formula is C20H24N6OS2. The van der Waals surface area contributed by atoms with Gasteiger partial charge in [0.25, 0.3) is 0 Å². The van der Waals surface area contributed by atoms with Gasteiger partial charge in [0.15, 0.2) is 10.3 Å². The summed E-state index contributed by atoms with van der Waals surface area (Å²) < 4.78 is 2.11. The van der Waals surface area contributed by atoms with Gasteiger partial charge in [-0.05, 0) is 24.9 Å². The van der Waals surface area contributed by atoms with Crippen molar-refractivity contribution in [3.63, 3.8) is 0 Å². The fraction of sp³-hybridized carbons (Fsp3) is 0.400. The first-order valence-corrected chi connectivity index (χ1v) is 11.5. The lowest BCUT2D eigenvalue weighted by atomic mass is 9.97. The summed E-state index contributed by atoms with van der Waals surface area (Å²) in [6.45, 7) is 2.12. The normalized spacial score (nSPS) is 17.3. The first kappa shape index (κ1) is 20.1. The van der Waals surface area contributed by atoms with E-state index in [9.17, 15) is 4.79 Å². The number of hydrogen-bond acceptors (Lipinski definition) is 7. The maximum atomic E-state index is 12.3. The van der Waals surface area contributed by atoms with Crippen molar-refractivity contribution in [2.75, 3.05) is 25.0 Å². The summed E-state index contributed by atoms with van der Waals surface area (Å²) in [5, 5.41) is 15.2. The number of anilines is 1. The van der Waals surface area contributed by atoms with E-state index >= 15 is 0 Å². The lowest BCUT2D eigenvalue weighted by Gasteiger charge is -2.31. The Labute approximate surface area is 178 Å². The average molecular weight is 429 g/mol. The minimum atomic E-state index is -0.0160. The van der Waals surface area contributed by atoms with Crippen LogP contribution in [0.2, 0.25) is 0 Å². The van der Waals surface area contributed by atoms with E-state index in [0.29, 0.717) is 17.6 Å². The molecule has 152 valence electrons. The SMILES string of the molecule is Cn1c(SCc2ccccc2)nnc1C1CCCN(CC(=O)Nc2nccs2)C1. The lowest BCUT2D eigenvalue weighted by molar-refractivity contribution is -0.117. The average Bonchev–Trinajstić information content (AvgIpc) is 3.37. The molecule has 29 heavy (non-hydrogen) atoms. The first-order valence-electron chi connectivity index (χ1n) is 9.67. The number of rotatable bonds is 7. The Morgan fingerprint density at radius 3 is 2.97 bits per heavy atom. The Balaban J connectivity index is 1.34. The highest BCUT2D eigenvalue weighted by molar-refractivity contribution is 7.98. The van der Waals surface area contributed by atoms with Gasteiger partial charge in [-0.25, -0.2) is 4.98 Å². The molecule has 1 atom stereocenters. The van der Waals surface area contributed by atoms with Crippen molar-refractivity contribution >= 4 is 34.1 Å². The minimum Gasteiger partial charge on any atom is -0.309 e. The summed E-state index contributed by atoms with van der Waals surface area (Å²) in [6.07, 6.45) is 3.81. The Hall–Kier alpha value is -2.23. The molecule has 1 fully saturated rings. The third kappa shape index (κ3) is 5.23. The number of thioether (sulfide) groups is 1. The van der Waals surface area contributed by atoms with Gasteiger partial charge in [-0.15, -0.1) is 21.5 Å². The number of carbonyl (C=O) groups excluding carboxylic acids is 1. The van der Waals surface area contributed by atoms with E-state index in [0.717, 1.165) is 42.7 Å². The Kier molecular flexibility index (Phi) is 6.58. The largest absolute Gasteiger partial charge is 0.309 e. The molecule has 1 N–H and O–H groups in total. The number of nitrogens with one attached hydrogen (secondary N) is 1. The third-order valence-corrected chi connectivity index (χ3v) is 6.78. The van der Waals surface area contributed by atoms with Crippen LogP contribution in [-0.4, -0.2) is 50.2 Å². The second kappa shape index (κ2) is 9.51. The number of thiazole rings is 1. The molecule has 1 saturated heterocycles. The van der Waals surface area contributed by atoms with Gasteiger partial charge in [-0.3, -0.25) is 9.69 Å². The van der Waals surface area contributed by atoms with Gasteiger partial charge in [0.05, 0.1) is 6.54 Å². The highest BCUT2D eigenvalue weighted by atomic mass is 32.2. The van der Waals surface area contributed by atoms with Crippen LogP contribution in [0.15, 0.2) is 47.1 Å². The maximum Gasteiger partial charge on any atom is 0.240 e. The predicted molar refractivity (Wildman–Crippen MR) is 116 cm³/mol. The van der Waals surface area contributed by atoms with Crippen LogP contribution in [0.25, 0.3) is 0 Å². The third-order valence-electron chi connectivity index (χ3n) is 5.00. The molecule has 3 aromatic rings. The van der Waals surface area contributed by atoms with Crippen LogP contribution >= 0.6 is 23.1 Å². The van der Waals surface area contributed by atoms with Crippen LogP contribution in [-0.2, 0) is 17.6 Å². The number of nitrogens with zero attached hydrogens (tertiary/aromatic N) is 5. The van der Waals surface area contributed by atoms with E-state index in [-0.39, 0.29) is 5.91 Å². The Morgan fingerprint density at radius 2 is 2.17 bits per heavy atom. The van der Waals surface area contributed by atoms with Gasteiger partial charge < -0.3 is 9.88 Å². The molecule has 7 nitrogen and oxygen atoms in total. The molecule has 1 amide bonds. The molecule has 2 aromatic heterocycles. The molecule has 0 spiro atoms. The van der Waals surface area contributed by atoms with Crippen molar-refractivity contribution < 1.29 is 4.79 Å². The number of amides is 1. The number of piperidine rings is 1. The van der Waals surface area contributed by atoms with Gasteiger partial charge in [-0.1, -0.05) is 42.1 Å². The van der Waals surface area contributed by atoms with Crippen LogP contribution < -0.4 is 5.32 Å². The molecule has 1 aliphatic heterocycles. The van der Waals surface area contributed by atoms with Crippen LogP contribution in [0, 0.1) is 0 Å². The fourth-order valence-electron chi connectivity index (χ4n) is 3.59. The smallest absolute Gasteiger partial charge is 0.240 e. The monoisotopic (exact) mass is 428 g/mol. The van der Waals surface area contributed by atoms with Crippen LogP contribution in [0.4, 0.5) is 5.13 Å². The Morgan fingerprint density at radius 1 is 1.31 bits per heavy atom. The van der Waals surface area contributed by atoms with Crippen molar-refractivity contribution in [3.8, 4) is 0 Å². The molecule has 4 rings (SSSR count). The molecule has 1 aromatic carbocycles. The Bertz CT molecular complexity index is 928. The van der Waals surface area contributed by atoms with E-state index in [1.54, 1.807) is 18.0 Å². The second-order valence-electron chi connectivity index (χ2n) is 7.13. The quantitative estimate of drug-likeness (QED) is 0.582. The number of hydrogen-bond donors (Lipinski definition) is 1. The lowest BCUT2D eigenvalue weighted by Crippen LogP contribution is -2.40. The van der Waals surface area contributed by atoms with Crippen molar-refractivity contribution in [1.29, 1.82) is 0 Å². The van der Waals surface area contributed by atoms with E-state index < -0.39 is 0 Å². The van der Waals surface area contributed by atoms with Crippen LogP contribution in [0.3, 0.4) is 0 Å². The number of carbonyl (C=O) groups is 1. The van der Waals surface area contributed by atoms with E-state index in [1.165, 1.54) is 16.9 Å². The molecule has 1 unspecified atom stereocenters. The van der Waals surface area contributed by atoms with Gasteiger partial charge >= 0.3 is 0 Å². The molecule has 0 radical (unpaired) electrons. The summed E-state index contributed by atoms with van der Waals surface area (Å²) in [6, 6.07) is 10.4. The number of aromatic nitrogens is 4. The topological polar surface area (TPSA) is 75.9 Å². The summed E-state index contributed by atoms with van der Waals surface area (Å²) in [7, 11) is 2.04. The number of likely N-dealkylation sites (tertiary alicyclic amines) is 1. The van der Waals surface area contributed by atoms with Gasteiger partial charge in [0.1, 0.15) is 5.82 Å². The standard InChI is InChI=1S/C20H24N6OS2/c1-25-18(23-24-20(25)29-14-15-6-3-2-4-7-15)16-8-5-10-26(12-16)13-17(27)22-19-21-9-11-28-19/h2-4,6-7,9,11,16H,5,8,10,12-14H2,1H3,(H,21,22,27). The fourth-order valence-corrected chi connectivity index (χ4v) is 5.01. The summed E-state index contributed by atoms with van der Waals surface area (Å²) >= 11 is 3.14. The van der Waals surface area contributed by atoms with E-state index in [1.807, 2.05) is 18.5 Å². The highest BCUT2D eigenvalue weighted by Crippen LogP contribution is 2.28.